The molecule has 0 unspecified atom stereocenters. The van der Waals surface area contributed by atoms with E-state index in [0.717, 1.165) is 49.6 Å². The molecule has 0 aliphatic carbocycles. The predicted octanol–water partition coefficient (Wildman–Crippen LogP) is 3.50. The summed E-state index contributed by atoms with van der Waals surface area (Å²) in [5.74, 6) is 2.51. The van der Waals surface area contributed by atoms with Crippen LogP contribution < -0.4 is 9.47 Å². The maximum Gasteiger partial charge on any atom is 0.161 e. The van der Waals surface area contributed by atoms with E-state index < -0.39 is 0 Å². The van der Waals surface area contributed by atoms with Crippen LogP contribution in [0.15, 0.2) is 17.3 Å². The Balaban J connectivity index is 1.92. The van der Waals surface area contributed by atoms with Crippen LogP contribution in [-0.4, -0.2) is 43.1 Å². The molecule has 2 atom stereocenters. The first kappa shape index (κ1) is 17.1. The van der Waals surface area contributed by atoms with Gasteiger partial charge in [-0.05, 0) is 42.0 Å². The number of benzene rings is 1. The highest BCUT2D eigenvalue weighted by Gasteiger charge is 2.37. The summed E-state index contributed by atoms with van der Waals surface area (Å²) in [6.45, 7) is 6.46. The monoisotopic (exact) mass is 332 g/mol. The first-order valence-electron chi connectivity index (χ1n) is 8.77. The van der Waals surface area contributed by atoms with Crippen LogP contribution in [0.2, 0.25) is 0 Å². The lowest BCUT2D eigenvalue weighted by atomic mass is 9.79. The first-order chi connectivity index (χ1) is 11.6. The van der Waals surface area contributed by atoms with Gasteiger partial charge in [0.1, 0.15) is 0 Å². The molecule has 3 rings (SSSR count). The summed E-state index contributed by atoms with van der Waals surface area (Å²) in [5.41, 5.74) is 3.53. The van der Waals surface area contributed by atoms with Gasteiger partial charge < -0.3 is 14.7 Å². The molecule has 1 aromatic carbocycles. The molecule has 132 valence electrons. The maximum atomic E-state index is 9.52. The standard InChI is InChI=1S/C19H28N2O3/c1-12(2)7-14-11-21-6-5-13-8-18(23-3)19(24-4)9-15(13)17(21)10-16(14)20-22/h8-9,12,14,17,22H,5-7,10-11H2,1-4H3/b20-16-/t14-,17-/m0/s1. The molecule has 0 saturated carbocycles. The van der Waals surface area contributed by atoms with Crippen LogP contribution in [0.3, 0.4) is 0 Å². The van der Waals surface area contributed by atoms with Gasteiger partial charge in [-0.15, -0.1) is 0 Å². The van der Waals surface area contributed by atoms with Crippen molar-refractivity contribution in [1.82, 2.24) is 4.90 Å². The molecule has 24 heavy (non-hydrogen) atoms. The number of nitrogens with zero attached hydrogens (tertiary/aromatic N) is 2. The number of fused-ring (bicyclic) bond motifs is 3. The highest BCUT2D eigenvalue weighted by molar-refractivity contribution is 5.88. The van der Waals surface area contributed by atoms with Crippen molar-refractivity contribution in [1.29, 1.82) is 0 Å². The fourth-order valence-electron chi connectivity index (χ4n) is 4.19. The lowest BCUT2D eigenvalue weighted by Gasteiger charge is -2.44. The molecule has 0 spiro atoms. The number of piperidine rings is 1. The van der Waals surface area contributed by atoms with Gasteiger partial charge in [0.25, 0.3) is 0 Å². The van der Waals surface area contributed by atoms with Gasteiger partial charge in [0.15, 0.2) is 11.5 Å². The molecule has 5 heteroatoms. The predicted molar refractivity (Wildman–Crippen MR) is 94.3 cm³/mol. The summed E-state index contributed by atoms with van der Waals surface area (Å²) < 4.78 is 10.9. The Bertz CT molecular complexity index is 627. The van der Waals surface area contributed by atoms with Gasteiger partial charge in [-0.25, -0.2) is 0 Å². The number of rotatable bonds is 4. The minimum atomic E-state index is 0.267. The van der Waals surface area contributed by atoms with Crippen molar-refractivity contribution in [3.05, 3.63) is 23.3 Å². The third kappa shape index (κ3) is 3.09. The molecule has 5 nitrogen and oxygen atoms in total. The number of ether oxygens (including phenoxy) is 2. The zero-order chi connectivity index (χ0) is 17.3. The SMILES string of the molecule is COc1cc2c(cc1OC)[C@@H]1C/C(=N/O)[C@@H](CC(C)C)CN1CC2. The van der Waals surface area contributed by atoms with Crippen molar-refractivity contribution in [2.75, 3.05) is 27.3 Å². The van der Waals surface area contributed by atoms with E-state index in [4.69, 9.17) is 9.47 Å². The third-order valence-corrected chi connectivity index (χ3v) is 5.33. The van der Waals surface area contributed by atoms with Gasteiger partial charge in [-0.1, -0.05) is 19.0 Å². The van der Waals surface area contributed by atoms with E-state index in [1.165, 1.54) is 11.1 Å². The molecule has 0 aromatic heterocycles. The van der Waals surface area contributed by atoms with Crippen LogP contribution in [0.25, 0.3) is 0 Å². The maximum absolute atomic E-state index is 9.52. The molecule has 1 N–H and O–H groups in total. The Morgan fingerprint density at radius 1 is 1.25 bits per heavy atom. The molecule has 2 heterocycles. The minimum absolute atomic E-state index is 0.267. The number of methoxy groups -OCH3 is 2. The average molecular weight is 332 g/mol. The lowest BCUT2D eigenvalue weighted by Crippen LogP contribution is -2.46. The smallest absolute Gasteiger partial charge is 0.161 e. The molecule has 0 amide bonds. The van der Waals surface area contributed by atoms with Crippen molar-refractivity contribution in [3.63, 3.8) is 0 Å². The van der Waals surface area contributed by atoms with E-state index in [1.54, 1.807) is 14.2 Å². The summed E-state index contributed by atoms with van der Waals surface area (Å²) in [6.07, 6.45) is 2.88. The van der Waals surface area contributed by atoms with Crippen LogP contribution in [0.1, 0.15) is 43.9 Å². The molecule has 0 radical (unpaired) electrons. The van der Waals surface area contributed by atoms with E-state index in [9.17, 15) is 5.21 Å². The van der Waals surface area contributed by atoms with E-state index in [-0.39, 0.29) is 6.04 Å². The Labute approximate surface area is 144 Å². The van der Waals surface area contributed by atoms with Gasteiger partial charge in [-0.2, -0.15) is 0 Å². The Morgan fingerprint density at radius 2 is 1.96 bits per heavy atom. The minimum Gasteiger partial charge on any atom is -0.493 e. The first-order valence-corrected chi connectivity index (χ1v) is 8.77. The average Bonchev–Trinajstić information content (AvgIpc) is 2.59. The van der Waals surface area contributed by atoms with Crippen LogP contribution in [-0.2, 0) is 6.42 Å². The number of hydrogen-bond donors (Lipinski definition) is 1. The van der Waals surface area contributed by atoms with E-state index >= 15 is 0 Å². The number of hydrogen-bond acceptors (Lipinski definition) is 5. The molecule has 1 fully saturated rings. The molecule has 1 saturated heterocycles. The van der Waals surface area contributed by atoms with Crippen molar-refractivity contribution in [2.24, 2.45) is 17.0 Å². The van der Waals surface area contributed by atoms with E-state index in [0.29, 0.717) is 11.8 Å². The van der Waals surface area contributed by atoms with Crippen LogP contribution in [0, 0.1) is 11.8 Å². The van der Waals surface area contributed by atoms with Crippen molar-refractivity contribution in [3.8, 4) is 11.5 Å². The Morgan fingerprint density at radius 3 is 2.58 bits per heavy atom. The summed E-state index contributed by atoms with van der Waals surface area (Å²) in [5, 5.41) is 13.2. The molecule has 2 aliphatic rings. The topological polar surface area (TPSA) is 54.3 Å². The Kier molecular flexibility index (Phi) is 4.99. The number of oxime groups is 1. The van der Waals surface area contributed by atoms with Crippen molar-refractivity contribution >= 4 is 5.71 Å². The van der Waals surface area contributed by atoms with Gasteiger partial charge >= 0.3 is 0 Å². The van der Waals surface area contributed by atoms with E-state index in [1.807, 2.05) is 0 Å². The quantitative estimate of drug-likeness (QED) is 0.677. The molecular weight excluding hydrogens is 304 g/mol. The van der Waals surface area contributed by atoms with Crippen molar-refractivity contribution < 1.29 is 14.7 Å². The summed E-state index contributed by atoms with van der Waals surface area (Å²) in [6, 6.07) is 4.47. The fourth-order valence-corrected chi connectivity index (χ4v) is 4.19. The highest BCUT2D eigenvalue weighted by Crippen LogP contribution is 2.42. The summed E-state index contributed by atoms with van der Waals surface area (Å²) in [7, 11) is 3.35. The second-order valence-corrected chi connectivity index (χ2v) is 7.29. The van der Waals surface area contributed by atoms with Gasteiger partial charge in [-0.3, -0.25) is 4.90 Å². The van der Waals surface area contributed by atoms with Crippen LogP contribution in [0.5, 0.6) is 11.5 Å². The van der Waals surface area contributed by atoms with Crippen molar-refractivity contribution in [2.45, 2.75) is 39.2 Å². The lowest BCUT2D eigenvalue weighted by molar-refractivity contribution is 0.143. The molecule has 1 aromatic rings. The van der Waals surface area contributed by atoms with Crippen LogP contribution >= 0.6 is 0 Å². The fraction of sp³-hybridized carbons (Fsp3) is 0.632. The van der Waals surface area contributed by atoms with Gasteiger partial charge in [0.05, 0.1) is 19.9 Å². The summed E-state index contributed by atoms with van der Waals surface area (Å²) in [4.78, 5) is 2.54. The largest absolute Gasteiger partial charge is 0.493 e. The van der Waals surface area contributed by atoms with Gasteiger partial charge in [0, 0.05) is 31.5 Å². The van der Waals surface area contributed by atoms with Crippen LogP contribution in [0.4, 0.5) is 0 Å². The molecular formula is C19H28N2O3. The zero-order valence-corrected chi connectivity index (χ0v) is 15.1. The molecule has 0 bridgehead atoms. The van der Waals surface area contributed by atoms with Gasteiger partial charge in [0.2, 0.25) is 0 Å². The van der Waals surface area contributed by atoms with E-state index in [2.05, 4.69) is 36.0 Å². The highest BCUT2D eigenvalue weighted by atomic mass is 16.5. The normalized spacial score (nSPS) is 25.5. The second kappa shape index (κ2) is 7.01. The molecule has 2 aliphatic heterocycles. The summed E-state index contributed by atoms with van der Waals surface area (Å²) >= 11 is 0. The second-order valence-electron chi connectivity index (χ2n) is 7.29. The third-order valence-electron chi connectivity index (χ3n) is 5.33. The zero-order valence-electron chi connectivity index (χ0n) is 15.1. The Hall–Kier alpha value is -1.75.